The van der Waals surface area contributed by atoms with Gasteiger partial charge in [0.05, 0.1) is 27.7 Å². The first-order chi connectivity index (χ1) is 42.0. The molecule has 0 rings (SSSR count). The van der Waals surface area contributed by atoms with Crippen molar-refractivity contribution in [1.82, 2.24) is 0 Å². The van der Waals surface area contributed by atoms with Gasteiger partial charge in [-0.15, -0.1) is 0 Å². The minimum absolute atomic E-state index is 0.0512. The Bertz CT molecular complexity index is 2150. The smallest absolute Gasteiger partial charge is 0.306 e. The number of phosphoric acid groups is 1. The topological polar surface area (TPSA) is 111 Å². The van der Waals surface area contributed by atoms with Crippen molar-refractivity contribution in [2.24, 2.45) is 0 Å². The summed E-state index contributed by atoms with van der Waals surface area (Å²) < 4.78 is 34.2. The molecule has 0 amide bonds. The number of quaternary nitrogens is 1. The zero-order chi connectivity index (χ0) is 62.6. The Labute approximate surface area is 526 Å². The summed E-state index contributed by atoms with van der Waals surface area (Å²) in [6.45, 7) is 3.91. The molecule has 0 spiro atoms. The SMILES string of the molecule is CC/C=C\C/C=C\C/C=C\C/C=C\C/C=C\C/C=C\C/C=C\C/C=C\C/C=C\CCCCCCCCCCCCCC(=O)OC(COC(=O)CCC/C=C\C/C=C\C/C=C\C/C=C\C/C=C\C/C=C\C/C=C\CC)COP(=O)([O-])OCC[N+](C)(C)C. The number of likely N-dealkylation sites (N-methyl/N-ethyl adjacent to an activating group) is 1. The average Bonchev–Trinajstić information content (AvgIpc) is 3.56. The molecule has 0 N–H and O–H groups in total. The second-order valence-electron chi connectivity index (χ2n) is 22.4. The van der Waals surface area contributed by atoms with Crippen LogP contribution in [0.2, 0.25) is 0 Å². The van der Waals surface area contributed by atoms with Crippen LogP contribution in [0.3, 0.4) is 0 Å². The lowest BCUT2D eigenvalue weighted by Gasteiger charge is -2.28. The molecule has 0 aliphatic heterocycles. The summed E-state index contributed by atoms with van der Waals surface area (Å²) in [6.07, 6.45) is 101. The zero-order valence-electron chi connectivity index (χ0n) is 54.7. The molecule has 0 aliphatic rings. The maximum absolute atomic E-state index is 12.8. The first-order valence-corrected chi connectivity index (χ1v) is 34.6. The number of carbonyl (C=O) groups is 2. The highest BCUT2D eigenvalue weighted by Crippen LogP contribution is 2.38. The summed E-state index contributed by atoms with van der Waals surface area (Å²) in [7, 11) is 1.10. The third kappa shape index (κ3) is 68.0. The van der Waals surface area contributed by atoms with Crippen LogP contribution in [0.25, 0.3) is 0 Å². The molecule has 0 aromatic rings. The monoisotopic (exact) mass is 1210 g/mol. The molecular weight excluding hydrogens is 1090 g/mol. The van der Waals surface area contributed by atoms with Crippen LogP contribution < -0.4 is 4.89 Å². The Kier molecular flexibility index (Phi) is 60.5. The lowest BCUT2D eigenvalue weighted by molar-refractivity contribution is -0.870. The van der Waals surface area contributed by atoms with Crippen LogP contribution in [0.1, 0.15) is 219 Å². The Morgan fingerprint density at radius 3 is 0.965 bits per heavy atom. The fraction of sp³-hybridized carbons (Fsp3) is 0.553. The fourth-order valence-corrected chi connectivity index (χ4v) is 8.84. The molecule has 482 valence electrons. The molecule has 0 bridgehead atoms. The second-order valence-corrected chi connectivity index (χ2v) is 23.8. The molecule has 0 aromatic carbocycles. The van der Waals surface area contributed by atoms with Crippen molar-refractivity contribution in [2.45, 2.75) is 225 Å². The molecule has 0 radical (unpaired) electrons. The molecule has 2 unspecified atom stereocenters. The molecule has 9 nitrogen and oxygen atoms in total. The van der Waals surface area contributed by atoms with Gasteiger partial charge in [-0.05, 0) is 135 Å². The van der Waals surface area contributed by atoms with Gasteiger partial charge in [-0.1, -0.05) is 266 Å². The highest BCUT2D eigenvalue weighted by Gasteiger charge is 2.21. The lowest BCUT2D eigenvalue weighted by Crippen LogP contribution is -2.37. The van der Waals surface area contributed by atoms with Gasteiger partial charge in [0.2, 0.25) is 0 Å². The maximum Gasteiger partial charge on any atom is 0.306 e. The lowest BCUT2D eigenvalue weighted by atomic mass is 10.0. The van der Waals surface area contributed by atoms with E-state index in [1.54, 1.807) is 0 Å². The van der Waals surface area contributed by atoms with E-state index in [1.165, 1.54) is 44.9 Å². The minimum Gasteiger partial charge on any atom is -0.756 e. The Hall–Kier alpha value is -5.15. The van der Waals surface area contributed by atoms with Gasteiger partial charge in [0.15, 0.2) is 6.10 Å². The number of nitrogens with zero attached hydrogens (tertiary/aromatic N) is 1. The minimum atomic E-state index is -4.67. The summed E-state index contributed by atoms with van der Waals surface area (Å²) in [6, 6.07) is 0. The van der Waals surface area contributed by atoms with Crippen LogP contribution >= 0.6 is 7.82 Å². The number of allylic oxidation sites excluding steroid dienone is 32. The first kappa shape index (κ1) is 80.8. The van der Waals surface area contributed by atoms with E-state index in [-0.39, 0.29) is 26.1 Å². The van der Waals surface area contributed by atoms with Crippen molar-refractivity contribution in [3.05, 3.63) is 194 Å². The number of hydrogen-bond donors (Lipinski definition) is 0. The third-order valence-electron chi connectivity index (χ3n) is 13.1. The third-order valence-corrected chi connectivity index (χ3v) is 14.1. The van der Waals surface area contributed by atoms with Crippen molar-refractivity contribution in [3.63, 3.8) is 0 Å². The molecule has 0 saturated carbocycles. The van der Waals surface area contributed by atoms with E-state index >= 15 is 0 Å². The fourth-order valence-electron chi connectivity index (χ4n) is 8.11. The Morgan fingerprint density at radius 2 is 0.640 bits per heavy atom. The van der Waals surface area contributed by atoms with Gasteiger partial charge in [-0.25, -0.2) is 0 Å². The van der Waals surface area contributed by atoms with E-state index in [4.69, 9.17) is 18.5 Å². The highest BCUT2D eigenvalue weighted by atomic mass is 31.2. The van der Waals surface area contributed by atoms with Gasteiger partial charge in [0.25, 0.3) is 7.82 Å². The van der Waals surface area contributed by atoms with Gasteiger partial charge in [0.1, 0.15) is 19.8 Å². The van der Waals surface area contributed by atoms with E-state index in [9.17, 15) is 19.0 Å². The summed E-state index contributed by atoms with van der Waals surface area (Å²) in [5.74, 6) is -0.921. The largest absolute Gasteiger partial charge is 0.756 e. The van der Waals surface area contributed by atoms with Crippen molar-refractivity contribution in [2.75, 3.05) is 47.5 Å². The van der Waals surface area contributed by atoms with Gasteiger partial charge in [-0.3, -0.25) is 14.2 Å². The zero-order valence-corrected chi connectivity index (χ0v) is 55.6. The summed E-state index contributed by atoms with van der Waals surface area (Å²) in [5.41, 5.74) is 0. The molecule has 0 heterocycles. The van der Waals surface area contributed by atoms with Gasteiger partial charge >= 0.3 is 11.9 Å². The van der Waals surface area contributed by atoms with Gasteiger partial charge in [-0.2, -0.15) is 0 Å². The van der Waals surface area contributed by atoms with E-state index in [0.29, 0.717) is 30.3 Å². The van der Waals surface area contributed by atoms with E-state index in [1.807, 2.05) is 21.1 Å². The maximum atomic E-state index is 12.8. The first-order valence-electron chi connectivity index (χ1n) is 33.1. The highest BCUT2D eigenvalue weighted by molar-refractivity contribution is 7.45. The number of unbranched alkanes of at least 4 members (excludes halogenated alkanes) is 12. The standard InChI is InChI=1S/C76H120NO8P/c1-6-8-10-12-14-16-18-20-22-24-26-28-30-31-32-33-34-35-36-37-38-39-40-41-42-43-44-45-47-49-51-53-55-57-59-61-63-65-67-69-76(79)85-74(73-84-86(80,81)83-71-70-77(3,4)5)72-82-75(78)68-66-64-62-60-58-56-54-52-50-48-46-29-27-25-23-21-19-17-15-13-11-9-7-2/h8-11,14-17,20-23,26-29,31-32,34-35,37-38,40-41,43-44,48,50,54,56,60,62,74H,6-7,12-13,18-19,24-25,30,33,36,39,42,45-47,49,51-53,55,57-59,61,63-73H2,1-5H3/b10-8-,11-9-,16-14-,17-15-,22-20-,23-21-,28-26-,29-27-,32-31-,35-34-,38-37-,41-40-,44-43-,50-48-,56-54-,62-60-. The average molecular weight is 1210 g/mol. The van der Waals surface area contributed by atoms with Crippen LogP contribution in [0, 0.1) is 0 Å². The molecule has 0 aromatic heterocycles. The predicted molar refractivity (Wildman–Crippen MR) is 369 cm³/mol. The molecule has 86 heavy (non-hydrogen) atoms. The van der Waals surface area contributed by atoms with Crippen LogP contribution in [0.15, 0.2) is 194 Å². The van der Waals surface area contributed by atoms with Crippen LogP contribution in [0.5, 0.6) is 0 Å². The predicted octanol–water partition coefficient (Wildman–Crippen LogP) is 21.1. The molecule has 0 aliphatic carbocycles. The number of carbonyl (C=O) groups excluding carboxylic acids is 2. The van der Waals surface area contributed by atoms with E-state index < -0.39 is 32.5 Å². The number of esters is 2. The van der Waals surface area contributed by atoms with Crippen molar-refractivity contribution < 1.29 is 42.1 Å². The summed E-state index contributed by atoms with van der Waals surface area (Å²) in [4.78, 5) is 38.0. The molecule has 0 fully saturated rings. The van der Waals surface area contributed by atoms with Crippen LogP contribution in [-0.2, 0) is 32.7 Å². The Balaban J connectivity index is 4.20. The van der Waals surface area contributed by atoms with Crippen LogP contribution in [-0.4, -0.2) is 70.0 Å². The van der Waals surface area contributed by atoms with Crippen LogP contribution in [0.4, 0.5) is 0 Å². The molecule has 10 heteroatoms. The van der Waals surface area contributed by atoms with Crippen molar-refractivity contribution >= 4 is 19.8 Å². The van der Waals surface area contributed by atoms with Gasteiger partial charge in [0, 0.05) is 12.8 Å². The van der Waals surface area contributed by atoms with E-state index in [0.717, 1.165) is 128 Å². The van der Waals surface area contributed by atoms with Crippen molar-refractivity contribution in [1.29, 1.82) is 0 Å². The molecular formula is C76H120NO8P. The summed E-state index contributed by atoms with van der Waals surface area (Å²) in [5, 5.41) is 0. The second kappa shape index (κ2) is 64.3. The molecule has 0 saturated heterocycles. The Morgan fingerprint density at radius 1 is 0.360 bits per heavy atom. The summed E-state index contributed by atoms with van der Waals surface area (Å²) >= 11 is 0. The molecule has 2 atom stereocenters. The van der Waals surface area contributed by atoms with Crippen molar-refractivity contribution in [3.8, 4) is 0 Å². The number of ether oxygens (including phenoxy) is 2. The van der Waals surface area contributed by atoms with Gasteiger partial charge < -0.3 is 27.9 Å². The normalized spacial score (nSPS) is 14.4. The quantitative estimate of drug-likeness (QED) is 0.0195. The van der Waals surface area contributed by atoms with E-state index in [2.05, 4.69) is 208 Å². The number of rotatable bonds is 58. The number of hydrogen-bond acceptors (Lipinski definition) is 8. The number of phosphoric ester groups is 1.